The number of phosphoric acid groups is 1. The molecule has 0 aliphatic carbocycles. The second-order valence-corrected chi connectivity index (χ2v) is 27.8. The predicted octanol–water partition coefficient (Wildman–Crippen LogP) is 23.3. The van der Waals surface area contributed by atoms with Crippen LogP contribution in [0.25, 0.3) is 0 Å². The molecular weight excluding hydrogens is 1030 g/mol. The van der Waals surface area contributed by atoms with Gasteiger partial charge in [0.15, 0.2) is 6.10 Å². The zero-order chi connectivity index (χ0) is 59.1. The molecule has 0 radical (unpaired) electrons. The van der Waals surface area contributed by atoms with Crippen molar-refractivity contribution in [1.29, 1.82) is 0 Å². The van der Waals surface area contributed by atoms with E-state index in [9.17, 15) is 19.0 Å². The lowest BCUT2D eigenvalue weighted by Crippen LogP contribution is -2.37. The van der Waals surface area contributed by atoms with Crippen molar-refractivity contribution in [1.82, 2.24) is 0 Å². The summed E-state index contributed by atoms with van der Waals surface area (Å²) in [5.41, 5.74) is 0. The Morgan fingerprint density at radius 2 is 0.556 bits per heavy atom. The van der Waals surface area contributed by atoms with Crippen molar-refractivity contribution >= 4 is 19.8 Å². The largest absolute Gasteiger partial charge is 0.472 e. The molecule has 10 heteroatoms. The van der Waals surface area contributed by atoms with E-state index in [1.54, 1.807) is 0 Å². The summed E-state index contributed by atoms with van der Waals surface area (Å²) >= 11 is 0. The van der Waals surface area contributed by atoms with Crippen LogP contribution in [-0.2, 0) is 32.7 Å². The number of quaternary nitrogens is 1. The Hall–Kier alpha value is -0.990. The Balaban J connectivity index is 3.80. The highest BCUT2D eigenvalue weighted by atomic mass is 31.2. The van der Waals surface area contributed by atoms with Gasteiger partial charge in [-0.15, -0.1) is 0 Å². The third-order valence-corrected chi connectivity index (χ3v) is 17.9. The van der Waals surface area contributed by atoms with Crippen LogP contribution in [0.3, 0.4) is 0 Å². The maximum Gasteiger partial charge on any atom is 0.472 e. The van der Waals surface area contributed by atoms with Gasteiger partial charge in [-0.3, -0.25) is 18.6 Å². The summed E-state index contributed by atoms with van der Waals surface area (Å²) in [4.78, 5) is 35.8. The molecule has 1 N–H and O–H groups in total. The Kier molecular flexibility index (Phi) is 62.7. The first kappa shape index (κ1) is 80.0. The first-order chi connectivity index (χ1) is 39.5. The van der Waals surface area contributed by atoms with E-state index in [1.165, 1.54) is 327 Å². The number of hydrogen-bond acceptors (Lipinski definition) is 7. The van der Waals surface area contributed by atoms with E-state index in [0.717, 1.165) is 38.5 Å². The van der Waals surface area contributed by atoms with Crippen LogP contribution < -0.4 is 0 Å². The minimum atomic E-state index is -4.38. The number of hydrogen-bond donors (Lipinski definition) is 1. The smallest absolute Gasteiger partial charge is 0.462 e. The minimum absolute atomic E-state index is 0.0375. The fourth-order valence-electron chi connectivity index (χ4n) is 11.3. The van der Waals surface area contributed by atoms with Gasteiger partial charge in [0.25, 0.3) is 0 Å². The van der Waals surface area contributed by atoms with Crippen molar-refractivity contribution < 1.29 is 42.1 Å². The SMILES string of the molecule is CCCCCCCCCCCCCCCCCCCCCCCCCCCCCCCCCCCCCCCCCCCC(=O)OC(COC(=O)CCCCCCCCCCCCCCCCCC)COP(=O)(O)OCC[N+](C)(C)C. The molecule has 81 heavy (non-hydrogen) atoms. The number of ether oxygens (including phenoxy) is 2. The Bertz CT molecular complexity index is 1330. The summed E-state index contributed by atoms with van der Waals surface area (Å²) in [6.07, 6.45) is 76.8. The van der Waals surface area contributed by atoms with E-state index in [-0.39, 0.29) is 25.6 Å². The molecule has 2 atom stereocenters. The second-order valence-electron chi connectivity index (χ2n) is 26.4. The van der Waals surface area contributed by atoms with Crippen molar-refractivity contribution in [3.8, 4) is 0 Å². The highest BCUT2D eigenvalue weighted by Crippen LogP contribution is 2.43. The Morgan fingerprint density at radius 1 is 0.333 bits per heavy atom. The molecule has 0 amide bonds. The van der Waals surface area contributed by atoms with Gasteiger partial charge in [-0.1, -0.05) is 367 Å². The molecule has 0 aromatic carbocycles. The molecule has 0 aliphatic rings. The van der Waals surface area contributed by atoms with Crippen molar-refractivity contribution in [2.45, 2.75) is 399 Å². The quantitative estimate of drug-likeness (QED) is 0.0278. The van der Waals surface area contributed by atoms with Gasteiger partial charge in [-0.25, -0.2) is 4.57 Å². The molecule has 0 heterocycles. The number of likely N-dealkylation sites (N-methyl/N-ethyl adjacent to an activating group) is 1. The van der Waals surface area contributed by atoms with Gasteiger partial charge in [-0.05, 0) is 12.8 Å². The summed E-state index contributed by atoms with van der Waals surface area (Å²) in [6.45, 7) is 4.52. The highest BCUT2D eigenvalue weighted by Gasteiger charge is 2.27. The molecule has 0 fully saturated rings. The molecular formula is C71H143NO8P+. The summed E-state index contributed by atoms with van der Waals surface area (Å²) in [5, 5.41) is 0. The Labute approximate surface area is 505 Å². The van der Waals surface area contributed by atoms with Gasteiger partial charge in [0.05, 0.1) is 27.7 Å². The van der Waals surface area contributed by atoms with Crippen molar-refractivity contribution in [3.63, 3.8) is 0 Å². The van der Waals surface area contributed by atoms with Crippen molar-refractivity contribution in [3.05, 3.63) is 0 Å². The number of phosphoric ester groups is 1. The third kappa shape index (κ3) is 68.0. The predicted molar refractivity (Wildman–Crippen MR) is 349 cm³/mol. The fourth-order valence-corrected chi connectivity index (χ4v) is 12.1. The van der Waals surface area contributed by atoms with Crippen molar-refractivity contribution in [2.75, 3.05) is 47.5 Å². The third-order valence-electron chi connectivity index (χ3n) is 16.9. The first-order valence-corrected chi connectivity index (χ1v) is 37.8. The first-order valence-electron chi connectivity index (χ1n) is 36.3. The van der Waals surface area contributed by atoms with Crippen molar-refractivity contribution in [2.24, 2.45) is 0 Å². The van der Waals surface area contributed by atoms with Crippen LogP contribution in [0, 0.1) is 0 Å². The standard InChI is InChI=1S/C71H142NO8P/c1-6-8-10-12-14-16-18-20-22-24-25-26-27-28-29-30-31-32-33-34-35-36-37-38-39-40-41-42-43-44-45-46-47-48-50-52-54-56-58-60-62-64-71(74)80-69(68-79-81(75,76)78-66-65-72(3,4)5)67-77-70(73)63-61-59-57-55-53-51-49-23-21-19-17-15-13-11-9-7-2/h69H,6-68H2,1-5H3/p+1. The molecule has 0 bridgehead atoms. The molecule has 0 aromatic heterocycles. The number of esters is 2. The molecule has 0 rings (SSSR count). The van der Waals surface area contributed by atoms with Gasteiger partial charge in [0.2, 0.25) is 0 Å². The number of unbranched alkanes of at least 4 members (excludes halogenated alkanes) is 55. The van der Waals surface area contributed by atoms with E-state index in [1.807, 2.05) is 21.1 Å². The molecule has 9 nitrogen and oxygen atoms in total. The average Bonchev–Trinajstić information content (AvgIpc) is 3.43. The minimum Gasteiger partial charge on any atom is -0.462 e. The zero-order valence-corrected chi connectivity index (χ0v) is 56.2. The van der Waals surface area contributed by atoms with Crippen LogP contribution in [0.15, 0.2) is 0 Å². The van der Waals surface area contributed by atoms with Gasteiger partial charge in [0, 0.05) is 12.8 Å². The van der Waals surface area contributed by atoms with Crippen LogP contribution in [0.5, 0.6) is 0 Å². The van der Waals surface area contributed by atoms with E-state index < -0.39 is 26.5 Å². The van der Waals surface area contributed by atoms with Crippen LogP contribution >= 0.6 is 7.82 Å². The lowest BCUT2D eigenvalue weighted by atomic mass is 10.0. The van der Waals surface area contributed by atoms with E-state index >= 15 is 0 Å². The lowest BCUT2D eigenvalue weighted by molar-refractivity contribution is -0.870. The summed E-state index contributed by atoms with van der Waals surface area (Å²) in [6, 6.07) is 0. The molecule has 0 aromatic rings. The number of rotatable bonds is 69. The number of carbonyl (C=O) groups is 2. The van der Waals surface area contributed by atoms with Gasteiger partial charge in [0.1, 0.15) is 19.8 Å². The number of carbonyl (C=O) groups excluding carboxylic acids is 2. The Morgan fingerprint density at radius 3 is 0.790 bits per heavy atom. The van der Waals surface area contributed by atoms with Crippen LogP contribution in [-0.4, -0.2) is 74.9 Å². The summed E-state index contributed by atoms with van der Waals surface area (Å²) < 4.78 is 34.7. The normalized spacial score (nSPS) is 13.0. The molecule has 0 saturated heterocycles. The molecule has 484 valence electrons. The summed E-state index contributed by atoms with van der Waals surface area (Å²) in [5.74, 6) is -0.770. The van der Waals surface area contributed by atoms with Crippen LogP contribution in [0.2, 0.25) is 0 Å². The fraction of sp³-hybridized carbons (Fsp3) is 0.972. The molecule has 0 aliphatic heterocycles. The maximum absolute atomic E-state index is 12.9. The number of nitrogens with zero attached hydrogens (tertiary/aromatic N) is 1. The average molecular weight is 1170 g/mol. The van der Waals surface area contributed by atoms with Crippen LogP contribution in [0.4, 0.5) is 0 Å². The second kappa shape index (κ2) is 63.5. The highest BCUT2D eigenvalue weighted by molar-refractivity contribution is 7.47. The van der Waals surface area contributed by atoms with E-state index in [0.29, 0.717) is 17.4 Å². The van der Waals surface area contributed by atoms with Gasteiger partial charge < -0.3 is 18.9 Å². The van der Waals surface area contributed by atoms with E-state index in [2.05, 4.69) is 13.8 Å². The van der Waals surface area contributed by atoms with Gasteiger partial charge >= 0.3 is 19.8 Å². The maximum atomic E-state index is 12.9. The van der Waals surface area contributed by atoms with Gasteiger partial charge in [-0.2, -0.15) is 0 Å². The topological polar surface area (TPSA) is 108 Å². The lowest BCUT2D eigenvalue weighted by Gasteiger charge is -2.24. The zero-order valence-electron chi connectivity index (χ0n) is 55.3. The summed E-state index contributed by atoms with van der Waals surface area (Å²) in [7, 11) is 1.51. The molecule has 2 unspecified atom stereocenters. The van der Waals surface area contributed by atoms with E-state index in [4.69, 9.17) is 18.5 Å². The monoisotopic (exact) mass is 1170 g/mol. The molecule has 0 saturated carbocycles. The van der Waals surface area contributed by atoms with Crippen LogP contribution in [0.1, 0.15) is 393 Å². The molecule has 0 spiro atoms.